The first kappa shape index (κ1) is 15.3. The number of rotatable bonds is 6. The number of carbonyl (C=O) groups excluding carboxylic acids is 1. The van der Waals surface area contributed by atoms with Gasteiger partial charge in [0.15, 0.2) is 0 Å². The third-order valence-electron chi connectivity index (χ3n) is 2.50. The van der Waals surface area contributed by atoms with E-state index in [4.69, 9.17) is 0 Å². The van der Waals surface area contributed by atoms with E-state index in [1.165, 1.54) is 12.1 Å². The van der Waals surface area contributed by atoms with E-state index in [1.54, 1.807) is 0 Å². The predicted molar refractivity (Wildman–Crippen MR) is 67.9 cm³/mol. The zero-order chi connectivity index (χ0) is 14.3. The fraction of sp³-hybridized carbons (Fsp3) is 0.462. The SMILES string of the molecule is CCCCNC(=O)CNc1cccc(C(F)(F)F)c1. The molecule has 0 aliphatic carbocycles. The summed E-state index contributed by atoms with van der Waals surface area (Å²) in [6.07, 6.45) is -2.52. The molecule has 0 heterocycles. The maximum Gasteiger partial charge on any atom is 0.416 e. The van der Waals surface area contributed by atoms with Crippen LogP contribution in [0, 0.1) is 0 Å². The third-order valence-corrected chi connectivity index (χ3v) is 2.50. The highest BCUT2D eigenvalue weighted by atomic mass is 19.4. The molecule has 0 aliphatic heterocycles. The van der Waals surface area contributed by atoms with Gasteiger partial charge in [0, 0.05) is 12.2 Å². The number of anilines is 1. The van der Waals surface area contributed by atoms with Crippen LogP contribution in [0.25, 0.3) is 0 Å². The van der Waals surface area contributed by atoms with Gasteiger partial charge in [0.1, 0.15) is 0 Å². The molecule has 0 fully saturated rings. The van der Waals surface area contributed by atoms with Gasteiger partial charge in [-0.25, -0.2) is 0 Å². The Morgan fingerprint density at radius 3 is 2.68 bits per heavy atom. The van der Waals surface area contributed by atoms with E-state index in [2.05, 4.69) is 10.6 Å². The molecule has 2 N–H and O–H groups in total. The minimum atomic E-state index is -4.37. The van der Waals surface area contributed by atoms with E-state index < -0.39 is 11.7 Å². The third kappa shape index (κ3) is 5.63. The van der Waals surface area contributed by atoms with Gasteiger partial charge in [-0.1, -0.05) is 19.4 Å². The van der Waals surface area contributed by atoms with Crippen molar-refractivity contribution >= 4 is 11.6 Å². The second kappa shape index (κ2) is 7.01. The Balaban J connectivity index is 2.47. The Morgan fingerprint density at radius 1 is 1.32 bits per heavy atom. The van der Waals surface area contributed by atoms with Crippen LogP contribution in [0.2, 0.25) is 0 Å². The highest BCUT2D eigenvalue weighted by molar-refractivity contribution is 5.80. The zero-order valence-corrected chi connectivity index (χ0v) is 10.7. The second-order valence-electron chi connectivity index (χ2n) is 4.14. The molecular weight excluding hydrogens is 257 g/mol. The number of alkyl halides is 3. The number of benzene rings is 1. The molecule has 0 spiro atoms. The number of carbonyl (C=O) groups is 1. The quantitative estimate of drug-likeness (QED) is 0.783. The molecule has 1 amide bonds. The minimum Gasteiger partial charge on any atom is -0.376 e. The summed E-state index contributed by atoms with van der Waals surface area (Å²) in [5.41, 5.74) is -0.454. The van der Waals surface area contributed by atoms with E-state index in [0.717, 1.165) is 25.0 Å². The molecule has 0 radical (unpaired) electrons. The van der Waals surface area contributed by atoms with Gasteiger partial charge < -0.3 is 10.6 Å². The van der Waals surface area contributed by atoms with Crippen molar-refractivity contribution in [2.75, 3.05) is 18.4 Å². The average molecular weight is 274 g/mol. The molecule has 0 aromatic heterocycles. The standard InChI is InChI=1S/C13H17F3N2O/c1-2-3-7-17-12(19)9-18-11-6-4-5-10(8-11)13(14,15)16/h4-6,8,18H,2-3,7,9H2,1H3,(H,17,19). The van der Waals surface area contributed by atoms with Crippen LogP contribution >= 0.6 is 0 Å². The summed E-state index contributed by atoms with van der Waals surface area (Å²) < 4.78 is 37.4. The normalized spacial score (nSPS) is 11.2. The van der Waals surface area contributed by atoms with E-state index in [9.17, 15) is 18.0 Å². The Bertz CT molecular complexity index is 419. The first-order chi connectivity index (χ1) is 8.93. The van der Waals surface area contributed by atoms with E-state index in [0.29, 0.717) is 6.54 Å². The van der Waals surface area contributed by atoms with Crippen molar-refractivity contribution in [3.05, 3.63) is 29.8 Å². The molecule has 3 nitrogen and oxygen atoms in total. The second-order valence-corrected chi connectivity index (χ2v) is 4.14. The van der Waals surface area contributed by atoms with Crippen LogP contribution in [-0.4, -0.2) is 19.0 Å². The van der Waals surface area contributed by atoms with Crippen molar-refractivity contribution in [2.24, 2.45) is 0 Å². The molecule has 1 aromatic carbocycles. The molecular formula is C13H17F3N2O. The van der Waals surface area contributed by atoms with E-state index in [1.807, 2.05) is 6.92 Å². The summed E-state index contributed by atoms with van der Waals surface area (Å²) in [7, 11) is 0. The zero-order valence-electron chi connectivity index (χ0n) is 10.7. The van der Waals surface area contributed by atoms with E-state index >= 15 is 0 Å². The minimum absolute atomic E-state index is 0.0367. The van der Waals surface area contributed by atoms with Gasteiger partial charge in [0.25, 0.3) is 0 Å². The maximum atomic E-state index is 12.5. The first-order valence-corrected chi connectivity index (χ1v) is 6.11. The van der Waals surface area contributed by atoms with Gasteiger partial charge in [0.2, 0.25) is 5.91 Å². The van der Waals surface area contributed by atoms with Crippen molar-refractivity contribution < 1.29 is 18.0 Å². The monoisotopic (exact) mass is 274 g/mol. The lowest BCUT2D eigenvalue weighted by molar-refractivity contribution is -0.137. The van der Waals surface area contributed by atoms with Crippen molar-refractivity contribution in [2.45, 2.75) is 25.9 Å². The van der Waals surface area contributed by atoms with Crippen LogP contribution < -0.4 is 10.6 Å². The Hall–Kier alpha value is -1.72. The molecule has 0 saturated heterocycles. The van der Waals surface area contributed by atoms with Gasteiger partial charge in [-0.05, 0) is 24.6 Å². The topological polar surface area (TPSA) is 41.1 Å². The molecule has 0 aliphatic rings. The van der Waals surface area contributed by atoms with Crippen molar-refractivity contribution in [1.29, 1.82) is 0 Å². The molecule has 1 rings (SSSR count). The van der Waals surface area contributed by atoms with Gasteiger partial charge in [-0.2, -0.15) is 13.2 Å². The summed E-state index contributed by atoms with van der Waals surface area (Å²) in [4.78, 5) is 11.4. The first-order valence-electron chi connectivity index (χ1n) is 6.11. The molecule has 0 bridgehead atoms. The van der Waals surface area contributed by atoms with Crippen LogP contribution in [0.15, 0.2) is 24.3 Å². The molecule has 1 aromatic rings. The van der Waals surface area contributed by atoms with Crippen LogP contribution in [0.5, 0.6) is 0 Å². The summed E-state index contributed by atoms with van der Waals surface area (Å²) in [5, 5.41) is 5.35. The number of hydrogen-bond donors (Lipinski definition) is 2. The fourth-order valence-electron chi connectivity index (χ4n) is 1.45. The highest BCUT2D eigenvalue weighted by Crippen LogP contribution is 2.30. The van der Waals surface area contributed by atoms with Crippen molar-refractivity contribution in [3.8, 4) is 0 Å². The van der Waals surface area contributed by atoms with Crippen LogP contribution in [0.1, 0.15) is 25.3 Å². The molecule has 19 heavy (non-hydrogen) atoms. The molecule has 106 valence electrons. The van der Waals surface area contributed by atoms with Crippen molar-refractivity contribution in [1.82, 2.24) is 5.32 Å². The Labute approximate surface area is 110 Å². The Kier molecular flexibility index (Phi) is 5.66. The van der Waals surface area contributed by atoms with Crippen LogP contribution in [0.4, 0.5) is 18.9 Å². The number of hydrogen-bond acceptors (Lipinski definition) is 2. The van der Waals surface area contributed by atoms with Crippen LogP contribution in [0.3, 0.4) is 0 Å². The van der Waals surface area contributed by atoms with Gasteiger partial charge in [0.05, 0.1) is 12.1 Å². The lowest BCUT2D eigenvalue weighted by Gasteiger charge is -2.10. The van der Waals surface area contributed by atoms with Crippen LogP contribution in [-0.2, 0) is 11.0 Å². The lowest BCUT2D eigenvalue weighted by Crippen LogP contribution is -2.30. The molecule has 0 unspecified atom stereocenters. The molecule has 6 heteroatoms. The van der Waals surface area contributed by atoms with Gasteiger partial charge in [-0.15, -0.1) is 0 Å². The summed E-state index contributed by atoms with van der Waals surface area (Å²) >= 11 is 0. The molecule has 0 atom stereocenters. The summed E-state index contributed by atoms with van der Waals surface area (Å²) in [5.74, 6) is -0.231. The fourth-order valence-corrected chi connectivity index (χ4v) is 1.45. The van der Waals surface area contributed by atoms with Gasteiger partial charge >= 0.3 is 6.18 Å². The molecule has 0 saturated carbocycles. The number of nitrogens with one attached hydrogen (secondary N) is 2. The van der Waals surface area contributed by atoms with Gasteiger partial charge in [-0.3, -0.25) is 4.79 Å². The summed E-state index contributed by atoms with van der Waals surface area (Å²) in [6, 6.07) is 4.78. The summed E-state index contributed by atoms with van der Waals surface area (Å²) in [6.45, 7) is 2.55. The van der Waals surface area contributed by atoms with E-state index in [-0.39, 0.29) is 18.1 Å². The Morgan fingerprint density at radius 2 is 2.05 bits per heavy atom. The number of amides is 1. The predicted octanol–water partition coefficient (Wildman–Crippen LogP) is 3.03. The maximum absolute atomic E-state index is 12.5. The average Bonchev–Trinajstić information content (AvgIpc) is 2.36. The largest absolute Gasteiger partial charge is 0.416 e. The smallest absolute Gasteiger partial charge is 0.376 e. The highest BCUT2D eigenvalue weighted by Gasteiger charge is 2.30. The lowest BCUT2D eigenvalue weighted by atomic mass is 10.2. The number of halogens is 3. The van der Waals surface area contributed by atoms with Crippen molar-refractivity contribution in [3.63, 3.8) is 0 Å². The number of unbranched alkanes of at least 4 members (excludes halogenated alkanes) is 1.